The van der Waals surface area contributed by atoms with E-state index in [1.54, 1.807) is 42.7 Å². The second-order valence-electron chi connectivity index (χ2n) is 6.81. The lowest BCUT2D eigenvalue weighted by Gasteiger charge is -2.13. The summed E-state index contributed by atoms with van der Waals surface area (Å²) in [6.45, 7) is 2.85. The fourth-order valence-corrected chi connectivity index (χ4v) is 3.09. The largest absolute Gasteiger partial charge is 0.490 e. The number of carbonyl (C=O) groups is 2. The molecular weight excluding hydrogens is 474 g/mol. The van der Waals surface area contributed by atoms with Crippen molar-refractivity contribution in [2.75, 3.05) is 18.5 Å². The molecule has 0 aliphatic rings. The van der Waals surface area contributed by atoms with Gasteiger partial charge in [-0.25, -0.2) is 0 Å². The summed E-state index contributed by atoms with van der Waals surface area (Å²) in [6, 6.07) is 16.1. The van der Waals surface area contributed by atoms with Crippen LogP contribution < -0.4 is 20.1 Å². The summed E-state index contributed by atoms with van der Waals surface area (Å²) in [4.78, 5) is 28.7. The van der Waals surface area contributed by atoms with Gasteiger partial charge in [0.15, 0.2) is 11.5 Å². The topological polar surface area (TPSA) is 89.5 Å². The number of hydrogen-bond donors (Lipinski definition) is 2. The molecule has 0 unspecified atom stereocenters. The zero-order valence-electron chi connectivity index (χ0n) is 17.6. The molecule has 1 aromatic heterocycles. The average molecular weight is 498 g/mol. The van der Waals surface area contributed by atoms with Crippen molar-refractivity contribution in [2.24, 2.45) is 0 Å². The molecule has 2 amide bonds. The van der Waals surface area contributed by atoms with E-state index < -0.39 is 0 Å². The van der Waals surface area contributed by atoms with Crippen LogP contribution in [0, 0.1) is 0 Å². The van der Waals surface area contributed by atoms with Gasteiger partial charge < -0.3 is 20.1 Å². The Kier molecular flexibility index (Phi) is 8.62. The summed E-state index contributed by atoms with van der Waals surface area (Å²) in [5, 5.41) is 5.55. The molecule has 3 rings (SSSR count). The Bertz CT molecular complexity index is 1040. The van der Waals surface area contributed by atoms with Gasteiger partial charge in [-0.05, 0) is 55.5 Å². The van der Waals surface area contributed by atoms with E-state index in [0.717, 1.165) is 10.0 Å². The number of amides is 2. The fraction of sp³-hybridized carbons (Fsp3) is 0.208. The number of benzene rings is 2. The zero-order chi connectivity index (χ0) is 22.8. The minimum absolute atomic E-state index is 0.159. The Morgan fingerprint density at radius 3 is 2.56 bits per heavy atom. The summed E-state index contributed by atoms with van der Waals surface area (Å²) in [5.41, 5.74) is 2.06. The van der Waals surface area contributed by atoms with Crippen molar-refractivity contribution in [3.8, 4) is 11.5 Å². The molecular formula is C24H24BrN3O4. The SMILES string of the molecule is CCOc1cc(C(=O)NCCC(=O)Nc2ccc(Br)cc2)ccc1OCc1cccnc1. The Morgan fingerprint density at radius 2 is 1.84 bits per heavy atom. The molecule has 3 aromatic rings. The Balaban J connectivity index is 1.53. The van der Waals surface area contributed by atoms with Gasteiger partial charge in [0.25, 0.3) is 5.91 Å². The van der Waals surface area contributed by atoms with Crippen molar-refractivity contribution in [1.29, 1.82) is 0 Å². The lowest BCUT2D eigenvalue weighted by molar-refractivity contribution is -0.116. The van der Waals surface area contributed by atoms with E-state index in [9.17, 15) is 9.59 Å². The predicted octanol–water partition coefficient (Wildman–Crippen LogP) is 4.58. The maximum absolute atomic E-state index is 12.5. The van der Waals surface area contributed by atoms with Crippen molar-refractivity contribution in [1.82, 2.24) is 10.3 Å². The van der Waals surface area contributed by atoms with Gasteiger partial charge in [0, 0.05) is 46.6 Å². The molecule has 166 valence electrons. The van der Waals surface area contributed by atoms with Crippen LogP contribution in [0.3, 0.4) is 0 Å². The average Bonchev–Trinajstić information content (AvgIpc) is 2.80. The Labute approximate surface area is 195 Å². The van der Waals surface area contributed by atoms with Gasteiger partial charge in [0.2, 0.25) is 5.91 Å². The lowest BCUT2D eigenvalue weighted by atomic mass is 10.2. The molecule has 0 atom stereocenters. The highest BCUT2D eigenvalue weighted by atomic mass is 79.9. The third-order valence-corrected chi connectivity index (χ3v) is 4.92. The summed E-state index contributed by atoms with van der Waals surface area (Å²) in [6.07, 6.45) is 3.59. The second-order valence-corrected chi connectivity index (χ2v) is 7.72. The molecule has 0 aliphatic heterocycles. The first-order chi connectivity index (χ1) is 15.5. The van der Waals surface area contributed by atoms with E-state index in [-0.39, 0.29) is 24.8 Å². The number of ether oxygens (including phenoxy) is 2. The van der Waals surface area contributed by atoms with E-state index in [0.29, 0.717) is 36.0 Å². The second kappa shape index (κ2) is 11.9. The molecule has 2 aromatic carbocycles. The first-order valence-electron chi connectivity index (χ1n) is 10.2. The maximum atomic E-state index is 12.5. The van der Waals surface area contributed by atoms with Gasteiger partial charge in [-0.15, -0.1) is 0 Å². The van der Waals surface area contributed by atoms with Crippen molar-refractivity contribution < 1.29 is 19.1 Å². The first kappa shape index (κ1) is 23.3. The van der Waals surface area contributed by atoms with E-state index >= 15 is 0 Å². The standard InChI is InChI=1S/C24H24BrN3O4/c1-2-31-22-14-18(5-10-21(22)32-16-17-4-3-12-26-15-17)24(30)27-13-11-23(29)28-20-8-6-19(25)7-9-20/h3-10,12,14-15H,2,11,13,16H2,1H3,(H,27,30)(H,28,29). The van der Waals surface area contributed by atoms with Crippen molar-refractivity contribution in [2.45, 2.75) is 20.0 Å². The minimum atomic E-state index is -0.291. The van der Waals surface area contributed by atoms with E-state index in [4.69, 9.17) is 9.47 Å². The molecule has 32 heavy (non-hydrogen) atoms. The monoisotopic (exact) mass is 497 g/mol. The Hall–Kier alpha value is -3.39. The number of aromatic nitrogens is 1. The van der Waals surface area contributed by atoms with Crippen molar-refractivity contribution in [3.05, 3.63) is 82.6 Å². The number of nitrogens with one attached hydrogen (secondary N) is 2. The van der Waals surface area contributed by atoms with Crippen LogP contribution in [0.5, 0.6) is 11.5 Å². The summed E-state index contributed by atoms with van der Waals surface area (Å²) in [5.74, 6) is 0.557. The predicted molar refractivity (Wildman–Crippen MR) is 126 cm³/mol. The number of pyridine rings is 1. The van der Waals surface area contributed by atoms with Gasteiger partial charge in [-0.3, -0.25) is 14.6 Å². The zero-order valence-corrected chi connectivity index (χ0v) is 19.2. The molecule has 0 bridgehead atoms. The number of carbonyl (C=O) groups excluding carboxylic acids is 2. The third kappa shape index (κ3) is 7.09. The molecule has 0 saturated carbocycles. The number of rotatable bonds is 10. The smallest absolute Gasteiger partial charge is 0.251 e. The van der Waals surface area contributed by atoms with Crippen LogP contribution in [0.2, 0.25) is 0 Å². The summed E-state index contributed by atoms with van der Waals surface area (Å²) < 4.78 is 12.4. The van der Waals surface area contributed by atoms with Crippen LogP contribution in [-0.4, -0.2) is 29.9 Å². The highest BCUT2D eigenvalue weighted by Crippen LogP contribution is 2.29. The maximum Gasteiger partial charge on any atom is 0.251 e. The van der Waals surface area contributed by atoms with Gasteiger partial charge in [-0.1, -0.05) is 22.0 Å². The van der Waals surface area contributed by atoms with Crippen LogP contribution >= 0.6 is 15.9 Å². The van der Waals surface area contributed by atoms with E-state index in [1.807, 2.05) is 31.2 Å². The van der Waals surface area contributed by atoms with Gasteiger partial charge >= 0.3 is 0 Å². The highest BCUT2D eigenvalue weighted by Gasteiger charge is 2.12. The molecule has 0 fully saturated rings. The Morgan fingerprint density at radius 1 is 1.03 bits per heavy atom. The van der Waals surface area contributed by atoms with Gasteiger partial charge in [0.05, 0.1) is 6.61 Å². The van der Waals surface area contributed by atoms with Crippen LogP contribution in [0.1, 0.15) is 29.3 Å². The number of hydrogen-bond acceptors (Lipinski definition) is 5. The molecule has 0 aliphatic carbocycles. The van der Waals surface area contributed by atoms with Crippen molar-refractivity contribution >= 4 is 33.4 Å². The molecule has 0 saturated heterocycles. The number of nitrogens with zero attached hydrogens (tertiary/aromatic N) is 1. The lowest BCUT2D eigenvalue weighted by Crippen LogP contribution is -2.27. The molecule has 1 heterocycles. The number of halogens is 1. The van der Waals surface area contributed by atoms with Gasteiger partial charge in [-0.2, -0.15) is 0 Å². The van der Waals surface area contributed by atoms with Crippen LogP contribution in [0.15, 0.2) is 71.5 Å². The third-order valence-electron chi connectivity index (χ3n) is 4.39. The van der Waals surface area contributed by atoms with Crippen LogP contribution in [0.4, 0.5) is 5.69 Å². The van der Waals surface area contributed by atoms with Crippen LogP contribution in [-0.2, 0) is 11.4 Å². The van der Waals surface area contributed by atoms with Gasteiger partial charge in [0.1, 0.15) is 6.61 Å². The van der Waals surface area contributed by atoms with E-state index in [1.165, 1.54) is 0 Å². The first-order valence-corrected chi connectivity index (χ1v) is 11.0. The number of anilines is 1. The highest BCUT2D eigenvalue weighted by molar-refractivity contribution is 9.10. The molecule has 8 heteroatoms. The summed E-state index contributed by atoms with van der Waals surface area (Å²) >= 11 is 3.35. The molecule has 7 nitrogen and oxygen atoms in total. The minimum Gasteiger partial charge on any atom is -0.490 e. The quantitative estimate of drug-likeness (QED) is 0.427. The molecule has 0 radical (unpaired) electrons. The summed E-state index contributed by atoms with van der Waals surface area (Å²) in [7, 11) is 0. The molecule has 0 spiro atoms. The fourth-order valence-electron chi connectivity index (χ4n) is 2.83. The van der Waals surface area contributed by atoms with Crippen LogP contribution in [0.25, 0.3) is 0 Å². The van der Waals surface area contributed by atoms with Crippen molar-refractivity contribution in [3.63, 3.8) is 0 Å². The normalized spacial score (nSPS) is 10.3. The van der Waals surface area contributed by atoms with E-state index in [2.05, 4.69) is 31.5 Å². The molecule has 2 N–H and O–H groups in total.